The lowest BCUT2D eigenvalue weighted by Crippen LogP contribution is -2.00. The molecule has 3 nitrogen and oxygen atoms in total. The summed E-state index contributed by atoms with van der Waals surface area (Å²) >= 11 is 1.69. The molecule has 0 amide bonds. The molecule has 18 heavy (non-hydrogen) atoms. The second kappa shape index (κ2) is 4.28. The number of rotatable bonds is 1. The zero-order valence-electron chi connectivity index (χ0n) is 9.73. The first-order valence-corrected chi connectivity index (χ1v) is 6.29. The van der Waals surface area contributed by atoms with Crippen molar-refractivity contribution in [3.8, 4) is 11.8 Å². The third-order valence-electron chi connectivity index (χ3n) is 2.78. The van der Waals surface area contributed by atoms with E-state index in [1.807, 2.05) is 36.4 Å². The first kappa shape index (κ1) is 11.0. The number of nitrogens with zero attached hydrogens (tertiary/aromatic N) is 1. The molecule has 1 aliphatic rings. The molecule has 4 heteroatoms. The van der Waals surface area contributed by atoms with Gasteiger partial charge in [0.1, 0.15) is 5.75 Å². The fourth-order valence-electron chi connectivity index (χ4n) is 1.87. The summed E-state index contributed by atoms with van der Waals surface area (Å²) in [5.41, 5.74) is 2.65. The highest BCUT2D eigenvalue weighted by atomic mass is 32.2. The van der Waals surface area contributed by atoms with Gasteiger partial charge in [0.05, 0.1) is 30.1 Å². The Morgan fingerprint density at radius 2 is 1.83 bits per heavy atom. The SMILES string of the molecule is COc1ccc2c(c1)Nc1cc(C#N)ccc1S2. The Morgan fingerprint density at radius 3 is 2.56 bits per heavy atom. The number of hydrogen-bond acceptors (Lipinski definition) is 4. The van der Waals surface area contributed by atoms with Gasteiger partial charge in [-0.2, -0.15) is 5.26 Å². The van der Waals surface area contributed by atoms with Crippen molar-refractivity contribution in [3.05, 3.63) is 42.0 Å². The first-order chi connectivity index (χ1) is 8.80. The molecule has 0 spiro atoms. The summed E-state index contributed by atoms with van der Waals surface area (Å²) in [6.45, 7) is 0. The molecular formula is C14H10N2OS. The molecule has 0 fully saturated rings. The van der Waals surface area contributed by atoms with Gasteiger partial charge in [0, 0.05) is 15.9 Å². The molecule has 2 aromatic carbocycles. The number of methoxy groups -OCH3 is 1. The Morgan fingerprint density at radius 1 is 1.11 bits per heavy atom. The molecule has 0 unspecified atom stereocenters. The Kier molecular flexibility index (Phi) is 2.62. The number of ether oxygens (including phenoxy) is 1. The number of anilines is 2. The van der Waals surface area contributed by atoms with E-state index >= 15 is 0 Å². The molecule has 1 aliphatic heterocycles. The van der Waals surface area contributed by atoms with Crippen molar-refractivity contribution in [2.45, 2.75) is 9.79 Å². The third-order valence-corrected chi connectivity index (χ3v) is 3.94. The number of benzene rings is 2. The van der Waals surface area contributed by atoms with Crippen LogP contribution in [0.4, 0.5) is 11.4 Å². The van der Waals surface area contributed by atoms with Crippen LogP contribution in [-0.2, 0) is 0 Å². The molecule has 1 heterocycles. The first-order valence-electron chi connectivity index (χ1n) is 5.47. The fraction of sp³-hybridized carbons (Fsp3) is 0.0714. The van der Waals surface area contributed by atoms with Crippen LogP contribution in [-0.4, -0.2) is 7.11 Å². The van der Waals surface area contributed by atoms with Gasteiger partial charge in [-0.15, -0.1) is 0 Å². The number of nitrogens with one attached hydrogen (secondary N) is 1. The topological polar surface area (TPSA) is 45.0 Å². The summed E-state index contributed by atoms with van der Waals surface area (Å²) in [6, 6.07) is 13.8. The van der Waals surface area contributed by atoms with Crippen LogP contribution in [0.1, 0.15) is 5.56 Å². The van der Waals surface area contributed by atoms with Crippen molar-refractivity contribution in [2.24, 2.45) is 0 Å². The van der Waals surface area contributed by atoms with Gasteiger partial charge in [-0.25, -0.2) is 0 Å². The highest BCUT2D eigenvalue weighted by Gasteiger charge is 2.16. The lowest BCUT2D eigenvalue weighted by atomic mass is 10.2. The predicted molar refractivity (Wildman–Crippen MR) is 71.6 cm³/mol. The Balaban J connectivity index is 2.04. The molecule has 0 saturated heterocycles. The van der Waals surface area contributed by atoms with Crippen LogP contribution in [0.15, 0.2) is 46.2 Å². The van der Waals surface area contributed by atoms with E-state index in [0.29, 0.717) is 5.56 Å². The van der Waals surface area contributed by atoms with Crippen LogP contribution in [0.5, 0.6) is 5.75 Å². The van der Waals surface area contributed by atoms with Gasteiger partial charge in [0.2, 0.25) is 0 Å². The number of fused-ring (bicyclic) bond motifs is 2. The average molecular weight is 254 g/mol. The maximum atomic E-state index is 8.91. The minimum Gasteiger partial charge on any atom is -0.497 e. The Hall–Kier alpha value is -2.12. The van der Waals surface area contributed by atoms with Crippen molar-refractivity contribution in [2.75, 3.05) is 12.4 Å². The molecule has 0 radical (unpaired) electrons. The quantitative estimate of drug-likeness (QED) is 0.718. The highest BCUT2D eigenvalue weighted by Crippen LogP contribution is 2.45. The van der Waals surface area contributed by atoms with Gasteiger partial charge < -0.3 is 10.1 Å². The van der Waals surface area contributed by atoms with Crippen LogP contribution in [0, 0.1) is 11.3 Å². The van der Waals surface area contributed by atoms with Gasteiger partial charge in [-0.05, 0) is 30.3 Å². The normalized spacial score (nSPS) is 11.8. The second-order valence-electron chi connectivity index (χ2n) is 3.91. The van der Waals surface area contributed by atoms with E-state index in [0.717, 1.165) is 26.9 Å². The van der Waals surface area contributed by atoms with E-state index in [2.05, 4.69) is 11.4 Å². The van der Waals surface area contributed by atoms with Crippen molar-refractivity contribution in [1.29, 1.82) is 5.26 Å². The van der Waals surface area contributed by atoms with Crippen LogP contribution in [0.25, 0.3) is 0 Å². The van der Waals surface area contributed by atoms with Gasteiger partial charge >= 0.3 is 0 Å². The maximum absolute atomic E-state index is 8.91. The predicted octanol–water partition coefficient (Wildman–Crippen LogP) is 3.78. The van der Waals surface area contributed by atoms with Crippen LogP contribution < -0.4 is 10.1 Å². The minimum absolute atomic E-state index is 0.660. The van der Waals surface area contributed by atoms with Gasteiger partial charge in [-0.3, -0.25) is 0 Å². The fourth-order valence-corrected chi connectivity index (χ4v) is 2.82. The zero-order chi connectivity index (χ0) is 12.5. The summed E-state index contributed by atoms with van der Waals surface area (Å²) in [5, 5.41) is 12.2. The van der Waals surface area contributed by atoms with Crippen LogP contribution in [0.2, 0.25) is 0 Å². The molecule has 0 atom stereocenters. The summed E-state index contributed by atoms with van der Waals surface area (Å²) < 4.78 is 5.21. The van der Waals surface area contributed by atoms with E-state index < -0.39 is 0 Å². The number of nitriles is 1. The molecule has 0 saturated carbocycles. The lowest BCUT2D eigenvalue weighted by molar-refractivity contribution is 0.414. The second-order valence-corrected chi connectivity index (χ2v) is 5.00. The molecule has 88 valence electrons. The van der Waals surface area contributed by atoms with Gasteiger partial charge in [0.15, 0.2) is 0 Å². The molecule has 1 N–H and O–H groups in total. The highest BCUT2D eigenvalue weighted by molar-refractivity contribution is 7.99. The molecule has 0 bridgehead atoms. The summed E-state index contributed by atoms with van der Waals surface area (Å²) in [6.07, 6.45) is 0. The third kappa shape index (κ3) is 1.79. The Bertz CT molecular complexity index is 661. The van der Waals surface area contributed by atoms with Crippen molar-refractivity contribution < 1.29 is 4.74 Å². The van der Waals surface area contributed by atoms with Crippen molar-refractivity contribution >= 4 is 23.1 Å². The molecule has 0 aliphatic carbocycles. The summed E-state index contributed by atoms with van der Waals surface area (Å²) in [5.74, 6) is 0.821. The van der Waals surface area contributed by atoms with E-state index in [-0.39, 0.29) is 0 Å². The van der Waals surface area contributed by atoms with Crippen molar-refractivity contribution in [3.63, 3.8) is 0 Å². The maximum Gasteiger partial charge on any atom is 0.121 e. The smallest absolute Gasteiger partial charge is 0.121 e. The number of hydrogen-bond donors (Lipinski definition) is 1. The molecule has 0 aromatic heterocycles. The minimum atomic E-state index is 0.660. The van der Waals surface area contributed by atoms with Gasteiger partial charge in [0.25, 0.3) is 0 Å². The molecule has 3 rings (SSSR count). The van der Waals surface area contributed by atoms with E-state index in [1.54, 1.807) is 18.9 Å². The monoisotopic (exact) mass is 254 g/mol. The van der Waals surface area contributed by atoms with E-state index in [4.69, 9.17) is 10.00 Å². The van der Waals surface area contributed by atoms with Crippen LogP contribution in [0.3, 0.4) is 0 Å². The van der Waals surface area contributed by atoms with Crippen LogP contribution >= 0.6 is 11.8 Å². The summed E-state index contributed by atoms with van der Waals surface area (Å²) in [4.78, 5) is 2.29. The zero-order valence-corrected chi connectivity index (χ0v) is 10.5. The molecular weight excluding hydrogens is 244 g/mol. The molecule has 2 aromatic rings. The average Bonchev–Trinajstić information content (AvgIpc) is 2.43. The largest absolute Gasteiger partial charge is 0.497 e. The Labute approximate surface area is 109 Å². The van der Waals surface area contributed by atoms with Crippen molar-refractivity contribution in [1.82, 2.24) is 0 Å². The lowest BCUT2D eigenvalue weighted by Gasteiger charge is -2.21. The van der Waals surface area contributed by atoms with E-state index in [1.165, 1.54) is 0 Å². The van der Waals surface area contributed by atoms with Gasteiger partial charge in [-0.1, -0.05) is 11.8 Å². The standard InChI is InChI=1S/C14H10N2OS/c1-17-10-3-5-14-12(7-10)16-11-6-9(8-15)2-4-13(11)18-14/h2-7,16H,1H3. The summed E-state index contributed by atoms with van der Waals surface area (Å²) in [7, 11) is 1.65. The van der Waals surface area contributed by atoms with E-state index in [9.17, 15) is 0 Å².